The number of fused-ring (bicyclic) bond motifs is 1. The molecule has 0 unspecified atom stereocenters. The van der Waals surface area contributed by atoms with Crippen LogP contribution in [0.4, 0.5) is 0 Å². The van der Waals surface area contributed by atoms with Gasteiger partial charge in [-0.1, -0.05) is 358 Å². The molecule has 0 spiro atoms. The molecule has 9 rings (SSSR count). The Morgan fingerprint density at radius 1 is 0.408 bits per heavy atom. The van der Waals surface area contributed by atoms with Gasteiger partial charge in [-0.2, -0.15) is 0 Å². The van der Waals surface area contributed by atoms with Crippen LogP contribution in [0, 0.1) is 43.4 Å². The molecule has 5 aromatic rings. The number of rotatable bonds is 18. The lowest BCUT2D eigenvalue weighted by atomic mass is 9.75. The zero-order valence-electron chi connectivity index (χ0n) is 69.1. The van der Waals surface area contributed by atoms with Crippen molar-refractivity contribution in [1.29, 1.82) is 0 Å². The highest BCUT2D eigenvalue weighted by Crippen LogP contribution is 2.40. The molecule has 0 amide bonds. The van der Waals surface area contributed by atoms with Gasteiger partial charge in [0.15, 0.2) is 0 Å². The summed E-state index contributed by atoms with van der Waals surface area (Å²) < 4.78 is 0. The summed E-state index contributed by atoms with van der Waals surface area (Å²) in [7, 11) is 0. The molecule has 98 heavy (non-hydrogen) atoms. The Labute approximate surface area is 614 Å². The van der Waals surface area contributed by atoms with Crippen molar-refractivity contribution in [1.82, 2.24) is 0 Å². The minimum Gasteiger partial charge on any atom is -0.106 e. The summed E-state index contributed by atoms with van der Waals surface area (Å²) in [4.78, 5) is 0. The molecule has 4 saturated carbocycles. The number of benzene rings is 5. The monoisotopic (exact) mass is 1340 g/mol. The average molecular weight is 1340 g/mol. The van der Waals surface area contributed by atoms with Gasteiger partial charge in [0.2, 0.25) is 0 Å². The number of allylic oxidation sites excluding steroid dienone is 5. The summed E-state index contributed by atoms with van der Waals surface area (Å²) in [5, 5.41) is 2.75. The predicted octanol–water partition coefficient (Wildman–Crippen LogP) is 33.5. The van der Waals surface area contributed by atoms with Crippen molar-refractivity contribution in [3.63, 3.8) is 0 Å². The molecular formula is C98H162. The van der Waals surface area contributed by atoms with E-state index in [1.165, 1.54) is 239 Å². The van der Waals surface area contributed by atoms with Crippen molar-refractivity contribution >= 4 is 27.5 Å². The van der Waals surface area contributed by atoms with Crippen molar-refractivity contribution in [2.75, 3.05) is 0 Å². The Morgan fingerprint density at radius 2 is 0.796 bits per heavy atom. The molecule has 0 N–H and O–H groups in total. The highest BCUT2D eigenvalue weighted by atomic mass is 14.3. The summed E-state index contributed by atoms with van der Waals surface area (Å²) in [6.07, 6.45) is 40.2. The fraction of sp³-hybridized carbons (Fsp3) is 0.571. The topological polar surface area (TPSA) is 0 Å². The quantitative estimate of drug-likeness (QED) is 0.0606. The van der Waals surface area contributed by atoms with Crippen molar-refractivity contribution in [2.45, 2.75) is 338 Å². The first-order valence-electron chi connectivity index (χ1n) is 40.5. The molecule has 0 saturated heterocycles. The van der Waals surface area contributed by atoms with E-state index in [-0.39, 0.29) is 0 Å². The Hall–Kier alpha value is -5.46. The first-order chi connectivity index (χ1) is 47.5. The van der Waals surface area contributed by atoms with E-state index in [1.54, 1.807) is 5.56 Å². The summed E-state index contributed by atoms with van der Waals surface area (Å²) in [6.45, 7) is 76.2. The minimum atomic E-state index is 0.693. The molecule has 0 bridgehead atoms. The minimum absolute atomic E-state index is 0.693. The smallest absolute Gasteiger partial charge is 0.00669 e. The van der Waals surface area contributed by atoms with E-state index in [9.17, 15) is 0 Å². The molecule has 0 aromatic heterocycles. The van der Waals surface area contributed by atoms with Gasteiger partial charge < -0.3 is 0 Å². The van der Waals surface area contributed by atoms with Gasteiger partial charge in [0.05, 0.1) is 0 Å². The van der Waals surface area contributed by atoms with E-state index in [0.29, 0.717) is 5.92 Å². The third-order valence-electron chi connectivity index (χ3n) is 19.1. The Morgan fingerprint density at radius 3 is 1.16 bits per heavy atom. The molecule has 4 aliphatic carbocycles. The van der Waals surface area contributed by atoms with Gasteiger partial charge in [0.1, 0.15) is 0 Å². The number of hydrogen-bond donors (Lipinski definition) is 0. The zero-order chi connectivity index (χ0) is 75.2. The van der Waals surface area contributed by atoms with Crippen LogP contribution in [0.3, 0.4) is 0 Å². The maximum atomic E-state index is 4.40. The van der Waals surface area contributed by atoms with E-state index >= 15 is 0 Å². The van der Waals surface area contributed by atoms with E-state index in [0.717, 1.165) is 60.0 Å². The van der Waals surface area contributed by atoms with E-state index in [1.807, 2.05) is 83.1 Å². The Kier molecular flexibility index (Phi) is 66.7. The molecule has 0 heterocycles. The van der Waals surface area contributed by atoms with Crippen molar-refractivity contribution < 1.29 is 0 Å². The lowest BCUT2D eigenvalue weighted by molar-refractivity contribution is 0.294. The van der Waals surface area contributed by atoms with Crippen molar-refractivity contribution in [3.8, 4) is 0 Å². The molecule has 0 atom stereocenters. The standard InChI is InChI=1S/C22H32.C20H30.C19H28.C12H12.C7H14.C4H8.5C2H6.2C2H4/c1-5-6-7-8-19-9-11-21(12-10-19)18(4)22-15-13-20(14-16-22)17(2)3;1-4-5-6-7-17-8-10-19(11-9-17)20-14-12-18(13-15-20)16(2)3;1-4-17-12-11-16(14-18(17)5-2)13-15(3)19-9-7-6-8-10-19;1-9-5-3-7-11-8-4-6-10(2)12(9)11;1-7-5-3-2-4-6-7;1-4(2)3;7*1-2/h13-16,19,21H,2,4-12H2,1,3H3;12-15,17,19H,2,4-11H2,1,3H3;11-12,14,19H,3-10,13H2,1-2H3;3-8H,1-2H3;7H,2-6H2,1H3;1H2,2-3H3;5*1-2H3;2*1-2H2. The van der Waals surface area contributed by atoms with Gasteiger partial charge in [0, 0.05) is 0 Å². The maximum absolute atomic E-state index is 4.40. The van der Waals surface area contributed by atoms with Gasteiger partial charge in [-0.3, -0.25) is 0 Å². The number of hydrogen-bond acceptors (Lipinski definition) is 0. The largest absolute Gasteiger partial charge is 0.106 e. The third kappa shape index (κ3) is 43.3. The first-order valence-corrected chi connectivity index (χ1v) is 40.5. The summed E-state index contributed by atoms with van der Waals surface area (Å²) in [5.74, 6) is 5.29. The number of aryl methyl sites for hydroxylation is 4. The molecule has 0 nitrogen and oxygen atoms in total. The lowest BCUT2D eigenvalue weighted by Gasteiger charge is -2.30. The van der Waals surface area contributed by atoms with Crippen LogP contribution in [-0.2, 0) is 19.3 Å². The lowest BCUT2D eigenvalue weighted by Crippen LogP contribution is -2.15. The molecule has 4 fully saturated rings. The van der Waals surface area contributed by atoms with Crippen LogP contribution >= 0.6 is 0 Å². The van der Waals surface area contributed by atoms with Gasteiger partial charge in [-0.15, -0.1) is 32.9 Å². The second kappa shape index (κ2) is 66.1. The van der Waals surface area contributed by atoms with Crippen LogP contribution in [0.1, 0.15) is 354 Å². The average Bonchev–Trinajstić information content (AvgIpc) is 0.843. The normalized spacial score (nSPS) is 16.4. The van der Waals surface area contributed by atoms with Gasteiger partial charge in [-0.25, -0.2) is 0 Å². The third-order valence-corrected chi connectivity index (χ3v) is 19.1. The fourth-order valence-electron chi connectivity index (χ4n) is 13.6. The van der Waals surface area contributed by atoms with Gasteiger partial charge >= 0.3 is 0 Å². The van der Waals surface area contributed by atoms with E-state index in [4.69, 9.17) is 0 Å². The molecule has 554 valence electrons. The summed E-state index contributed by atoms with van der Waals surface area (Å²) in [5.41, 5.74) is 18.9. The fourth-order valence-corrected chi connectivity index (χ4v) is 13.6. The van der Waals surface area contributed by atoms with Crippen molar-refractivity contribution in [2.24, 2.45) is 29.6 Å². The predicted molar refractivity (Wildman–Crippen MR) is 460 cm³/mol. The Balaban J connectivity index is -0.000000544. The van der Waals surface area contributed by atoms with E-state index < -0.39 is 0 Å². The molecule has 0 radical (unpaired) electrons. The SMILES string of the molecule is C=C.C=C.C=C(C)C.C=C(C)c1ccc(C(=C)C2CCC(CCCCC)CC2)cc1.C=C(C)c1ccc(C2CCC(CCCCC)CC2)cc1.C=C(Cc1ccc(CC)c(CC)c1)C1CCCCC1.CC.CC.CC.CC.CC.CC1CCCCC1.Cc1cccc2cccc(C)c12. The number of unbranched alkanes of at least 4 members (excludes halogenated alkanes) is 4. The zero-order valence-corrected chi connectivity index (χ0v) is 69.1. The molecule has 0 heteroatoms. The van der Waals surface area contributed by atoms with Crippen LogP contribution < -0.4 is 0 Å². The van der Waals surface area contributed by atoms with Crippen molar-refractivity contribution in [3.05, 3.63) is 224 Å². The first kappa shape index (κ1) is 98.9. The summed E-state index contributed by atoms with van der Waals surface area (Å²) in [6, 6.07) is 37.8. The van der Waals surface area contributed by atoms with Crippen LogP contribution in [0.2, 0.25) is 0 Å². The second-order valence-electron chi connectivity index (χ2n) is 26.9. The highest BCUT2D eigenvalue weighted by molar-refractivity contribution is 5.88. The molecular weight excluding hydrogens is 1180 g/mol. The van der Waals surface area contributed by atoms with Gasteiger partial charge in [-0.05, 0) is 227 Å². The highest BCUT2D eigenvalue weighted by Gasteiger charge is 2.24. The molecule has 0 aliphatic heterocycles. The Bertz CT molecular complexity index is 2650. The van der Waals surface area contributed by atoms with Crippen LogP contribution in [-0.4, -0.2) is 0 Å². The van der Waals surface area contributed by atoms with Crippen LogP contribution in [0.15, 0.2) is 173 Å². The van der Waals surface area contributed by atoms with Crippen LogP contribution in [0.25, 0.3) is 27.5 Å². The van der Waals surface area contributed by atoms with Gasteiger partial charge in [0.25, 0.3) is 0 Å². The maximum Gasteiger partial charge on any atom is -0.00669 e. The molecule has 5 aromatic carbocycles. The summed E-state index contributed by atoms with van der Waals surface area (Å²) >= 11 is 0. The molecule has 4 aliphatic rings. The van der Waals surface area contributed by atoms with Crippen LogP contribution in [0.5, 0.6) is 0 Å². The van der Waals surface area contributed by atoms with E-state index in [2.05, 4.69) is 225 Å². The second-order valence-corrected chi connectivity index (χ2v) is 26.9.